The summed E-state index contributed by atoms with van der Waals surface area (Å²) < 4.78 is 35.7. The molecule has 0 saturated heterocycles. The van der Waals surface area contributed by atoms with Crippen LogP contribution in [0.3, 0.4) is 0 Å². The third-order valence-electron chi connectivity index (χ3n) is 2.80. The van der Waals surface area contributed by atoms with E-state index in [1.54, 1.807) is 0 Å². The van der Waals surface area contributed by atoms with E-state index in [9.17, 15) is 13.2 Å². The number of halogens is 4. The second kappa shape index (κ2) is 8.85. The Bertz CT molecular complexity index is 466. The fourth-order valence-corrected chi connectivity index (χ4v) is 1.87. The molecular formula is C15H18ClF3N2. The van der Waals surface area contributed by atoms with E-state index in [1.165, 1.54) is 5.39 Å². The molecule has 116 valence electrons. The van der Waals surface area contributed by atoms with Crippen molar-refractivity contribution in [1.29, 1.82) is 0 Å². The van der Waals surface area contributed by atoms with Crippen LogP contribution in [0.25, 0.3) is 10.9 Å². The number of alkyl halides is 4. The van der Waals surface area contributed by atoms with Crippen LogP contribution < -0.4 is 0 Å². The van der Waals surface area contributed by atoms with Crippen LogP contribution in [0, 0.1) is 0 Å². The smallest absolute Gasteiger partial charge is 0.256 e. The molecule has 1 aromatic carbocycles. The first-order valence-electron chi connectivity index (χ1n) is 6.66. The van der Waals surface area contributed by atoms with Gasteiger partial charge in [0.1, 0.15) is 0 Å². The summed E-state index contributed by atoms with van der Waals surface area (Å²) in [5.74, 6) is 0. The Labute approximate surface area is 127 Å². The van der Waals surface area contributed by atoms with Crippen molar-refractivity contribution in [2.24, 2.45) is 0 Å². The Hall–Kier alpha value is -1.33. The molecule has 0 unspecified atom stereocenters. The molecule has 2 nitrogen and oxygen atoms in total. The van der Waals surface area contributed by atoms with Gasteiger partial charge in [-0.15, -0.1) is 11.6 Å². The quantitative estimate of drug-likeness (QED) is 0.580. The Morgan fingerprint density at radius 2 is 1.81 bits per heavy atom. The second-order valence-electron chi connectivity index (χ2n) is 4.40. The zero-order chi connectivity index (χ0) is 15.7. The number of hydrogen-bond donors (Lipinski definition) is 0. The lowest BCUT2D eigenvalue weighted by Gasteiger charge is -2.21. The average molecular weight is 319 g/mol. The van der Waals surface area contributed by atoms with Crippen molar-refractivity contribution >= 4 is 22.5 Å². The Morgan fingerprint density at radius 3 is 2.38 bits per heavy atom. The highest BCUT2D eigenvalue weighted by atomic mass is 35.5. The van der Waals surface area contributed by atoms with E-state index in [-0.39, 0.29) is 11.4 Å². The zero-order valence-electron chi connectivity index (χ0n) is 11.8. The topological polar surface area (TPSA) is 16.1 Å². The predicted molar refractivity (Wildman–Crippen MR) is 80.1 cm³/mol. The average Bonchev–Trinajstić information content (AvgIpc) is 2.47. The van der Waals surface area contributed by atoms with Gasteiger partial charge < -0.3 is 0 Å². The zero-order valence-corrected chi connectivity index (χ0v) is 12.5. The number of pyridine rings is 1. The van der Waals surface area contributed by atoms with E-state index in [0.29, 0.717) is 6.42 Å². The summed E-state index contributed by atoms with van der Waals surface area (Å²) >= 11 is 5.09. The van der Waals surface area contributed by atoms with Gasteiger partial charge in [0.25, 0.3) is 0 Å². The fourth-order valence-electron chi connectivity index (χ4n) is 1.62. The van der Waals surface area contributed by atoms with Crippen LogP contribution in [0.4, 0.5) is 13.2 Å². The summed E-state index contributed by atoms with van der Waals surface area (Å²) in [6, 6.07) is 11.6. The maximum absolute atomic E-state index is 11.9. The van der Waals surface area contributed by atoms with Gasteiger partial charge in [0.2, 0.25) is 0 Å². The molecule has 2 aromatic rings. The van der Waals surface area contributed by atoms with Crippen LogP contribution in [-0.4, -0.2) is 28.7 Å². The predicted octanol–water partition coefficient (Wildman–Crippen LogP) is 5.04. The first-order chi connectivity index (χ1) is 9.99. The summed E-state index contributed by atoms with van der Waals surface area (Å²) in [7, 11) is 0. The van der Waals surface area contributed by atoms with E-state index in [0.717, 1.165) is 11.9 Å². The van der Waals surface area contributed by atoms with Gasteiger partial charge in [0.05, 0.1) is 11.5 Å². The van der Waals surface area contributed by atoms with Crippen molar-refractivity contribution in [3.8, 4) is 0 Å². The van der Waals surface area contributed by atoms with E-state index >= 15 is 0 Å². The summed E-state index contributed by atoms with van der Waals surface area (Å²) in [4.78, 5) is 4.47. The standard InChI is InChI=1S/C9H7N.C6H11ClF3N/c1-2-6-9-8(4-1)5-3-7-10-9;1-2-3-4-11(5-7)6(8,9)10/h1-7H;2-5H2,1H3. The number of aromatic nitrogens is 1. The molecule has 0 radical (unpaired) electrons. The van der Waals surface area contributed by atoms with Gasteiger partial charge in [-0.25, -0.2) is 4.90 Å². The minimum absolute atomic E-state index is 0.0104. The van der Waals surface area contributed by atoms with Gasteiger partial charge in [-0.05, 0) is 18.6 Å². The summed E-state index contributed by atoms with van der Waals surface area (Å²) in [6.07, 6.45) is -1.21. The Balaban J connectivity index is 0.000000210. The fraction of sp³-hybridized carbons (Fsp3) is 0.400. The molecule has 1 aromatic heterocycles. The number of nitrogens with zero attached hydrogens (tertiary/aromatic N) is 2. The monoisotopic (exact) mass is 318 g/mol. The van der Waals surface area contributed by atoms with Gasteiger partial charge >= 0.3 is 6.30 Å². The molecule has 0 bridgehead atoms. The number of benzene rings is 1. The molecule has 1 heterocycles. The number of hydrogen-bond acceptors (Lipinski definition) is 2. The lowest BCUT2D eigenvalue weighted by molar-refractivity contribution is -0.239. The Kier molecular flexibility index (Phi) is 7.47. The van der Waals surface area contributed by atoms with Crippen molar-refractivity contribution in [2.75, 3.05) is 12.5 Å². The first kappa shape index (κ1) is 17.7. The van der Waals surface area contributed by atoms with Gasteiger partial charge in [0.15, 0.2) is 0 Å². The molecule has 0 aliphatic rings. The van der Waals surface area contributed by atoms with Crippen molar-refractivity contribution in [1.82, 2.24) is 9.88 Å². The van der Waals surface area contributed by atoms with Gasteiger partial charge in [-0.3, -0.25) is 4.98 Å². The normalized spacial score (nSPS) is 11.3. The first-order valence-corrected chi connectivity index (χ1v) is 7.20. The van der Waals surface area contributed by atoms with E-state index in [2.05, 4.69) is 17.1 Å². The molecule has 0 N–H and O–H groups in total. The van der Waals surface area contributed by atoms with Crippen LogP contribution in [0.1, 0.15) is 19.8 Å². The van der Waals surface area contributed by atoms with Gasteiger partial charge in [0, 0.05) is 18.1 Å². The highest BCUT2D eigenvalue weighted by Gasteiger charge is 2.35. The highest BCUT2D eigenvalue weighted by molar-refractivity contribution is 6.17. The molecule has 0 aliphatic carbocycles. The van der Waals surface area contributed by atoms with Crippen LogP contribution in [0.15, 0.2) is 42.6 Å². The van der Waals surface area contributed by atoms with Crippen LogP contribution in [0.5, 0.6) is 0 Å². The number of para-hydroxylation sites is 1. The molecule has 0 spiro atoms. The number of unbranched alkanes of at least 4 members (excludes halogenated alkanes) is 1. The van der Waals surface area contributed by atoms with E-state index < -0.39 is 12.3 Å². The molecule has 2 rings (SSSR count). The molecule has 0 fully saturated rings. The molecule has 6 heteroatoms. The Morgan fingerprint density at radius 1 is 1.14 bits per heavy atom. The molecule has 21 heavy (non-hydrogen) atoms. The molecule has 0 saturated carbocycles. The SMILES string of the molecule is CCCCN(CCl)C(F)(F)F.c1ccc2ncccc2c1. The van der Waals surface area contributed by atoms with E-state index in [4.69, 9.17) is 11.6 Å². The maximum Gasteiger partial charge on any atom is 0.460 e. The lowest BCUT2D eigenvalue weighted by atomic mass is 10.2. The van der Waals surface area contributed by atoms with Crippen molar-refractivity contribution in [3.05, 3.63) is 42.6 Å². The van der Waals surface area contributed by atoms with Gasteiger partial charge in [-0.1, -0.05) is 37.6 Å². The van der Waals surface area contributed by atoms with E-state index in [1.807, 2.05) is 37.4 Å². The summed E-state index contributed by atoms with van der Waals surface area (Å²) in [5, 5.41) is 1.20. The van der Waals surface area contributed by atoms with Crippen molar-refractivity contribution in [2.45, 2.75) is 26.1 Å². The highest BCUT2D eigenvalue weighted by Crippen LogP contribution is 2.21. The minimum Gasteiger partial charge on any atom is -0.256 e. The lowest BCUT2D eigenvalue weighted by Crippen LogP contribution is -2.37. The van der Waals surface area contributed by atoms with Crippen LogP contribution in [0.2, 0.25) is 0 Å². The van der Waals surface area contributed by atoms with Crippen molar-refractivity contribution < 1.29 is 13.2 Å². The molecule has 0 aliphatic heterocycles. The summed E-state index contributed by atoms with van der Waals surface area (Å²) in [6.45, 7) is 1.83. The van der Waals surface area contributed by atoms with Crippen LogP contribution >= 0.6 is 11.6 Å². The molecule has 0 amide bonds. The third-order valence-corrected chi connectivity index (χ3v) is 3.09. The minimum atomic E-state index is -4.28. The summed E-state index contributed by atoms with van der Waals surface area (Å²) in [5.41, 5.74) is 1.06. The van der Waals surface area contributed by atoms with Crippen LogP contribution in [-0.2, 0) is 0 Å². The second-order valence-corrected chi connectivity index (χ2v) is 4.64. The number of fused-ring (bicyclic) bond motifs is 1. The van der Waals surface area contributed by atoms with Gasteiger partial charge in [-0.2, -0.15) is 13.2 Å². The maximum atomic E-state index is 11.9. The van der Waals surface area contributed by atoms with Crippen molar-refractivity contribution in [3.63, 3.8) is 0 Å². The largest absolute Gasteiger partial charge is 0.460 e. The molecular weight excluding hydrogens is 301 g/mol. The molecule has 0 atom stereocenters. The number of rotatable bonds is 4. The third kappa shape index (κ3) is 6.31.